The van der Waals surface area contributed by atoms with Crippen LogP contribution < -0.4 is 10.3 Å². The molecule has 0 atom stereocenters. The predicted molar refractivity (Wildman–Crippen MR) is 86.4 cm³/mol. The second-order valence-corrected chi connectivity index (χ2v) is 5.58. The van der Waals surface area contributed by atoms with Gasteiger partial charge in [0.25, 0.3) is 5.56 Å². The Morgan fingerprint density at radius 2 is 1.82 bits per heavy atom. The third kappa shape index (κ3) is 2.86. The zero-order valence-electron chi connectivity index (χ0n) is 13.0. The summed E-state index contributed by atoms with van der Waals surface area (Å²) in [6.07, 6.45) is 1.79. The fourth-order valence-corrected chi connectivity index (χ4v) is 2.35. The number of benzene rings is 1. The molecule has 0 amide bonds. The maximum atomic E-state index is 12.2. The van der Waals surface area contributed by atoms with Gasteiger partial charge in [-0.05, 0) is 49.6 Å². The van der Waals surface area contributed by atoms with Crippen molar-refractivity contribution in [3.8, 4) is 5.75 Å². The lowest BCUT2D eigenvalue weighted by Gasteiger charge is -2.10. The van der Waals surface area contributed by atoms with Gasteiger partial charge in [0.05, 0.1) is 5.69 Å². The molecule has 2 aromatic heterocycles. The summed E-state index contributed by atoms with van der Waals surface area (Å²) in [5.41, 5.74) is 4.41. The molecule has 0 aliphatic rings. The number of ether oxygens (including phenoxy) is 1. The van der Waals surface area contributed by atoms with E-state index in [9.17, 15) is 4.79 Å². The van der Waals surface area contributed by atoms with Crippen LogP contribution in [0, 0.1) is 20.8 Å². The lowest BCUT2D eigenvalue weighted by atomic mass is 10.1. The largest absolute Gasteiger partial charge is 0.487 e. The Labute approximate surface area is 129 Å². The summed E-state index contributed by atoms with van der Waals surface area (Å²) in [6.45, 7) is 6.25. The number of aromatic nitrogens is 2. The number of pyridine rings is 1. The summed E-state index contributed by atoms with van der Waals surface area (Å²) in [7, 11) is 0. The van der Waals surface area contributed by atoms with Gasteiger partial charge in [-0.1, -0.05) is 18.2 Å². The van der Waals surface area contributed by atoms with Gasteiger partial charge in [0, 0.05) is 12.3 Å². The van der Waals surface area contributed by atoms with Crippen molar-refractivity contribution >= 4 is 5.65 Å². The summed E-state index contributed by atoms with van der Waals surface area (Å²) in [5, 5.41) is 0. The van der Waals surface area contributed by atoms with Gasteiger partial charge < -0.3 is 4.74 Å². The fourth-order valence-electron chi connectivity index (χ4n) is 2.35. The lowest BCUT2D eigenvalue weighted by Crippen LogP contribution is -2.16. The average Bonchev–Trinajstić information content (AvgIpc) is 2.49. The van der Waals surface area contributed by atoms with Crippen molar-refractivity contribution in [3.05, 3.63) is 75.3 Å². The molecule has 112 valence electrons. The highest BCUT2D eigenvalue weighted by Gasteiger charge is 2.05. The van der Waals surface area contributed by atoms with Crippen LogP contribution in [0.3, 0.4) is 0 Å². The molecule has 0 unspecified atom stereocenters. The molecule has 0 fully saturated rings. The quantitative estimate of drug-likeness (QED) is 0.745. The molecule has 22 heavy (non-hydrogen) atoms. The van der Waals surface area contributed by atoms with E-state index in [4.69, 9.17) is 4.74 Å². The first-order valence-corrected chi connectivity index (χ1v) is 7.22. The molecular weight excluding hydrogens is 276 g/mol. The van der Waals surface area contributed by atoms with Crippen molar-refractivity contribution < 1.29 is 4.74 Å². The Morgan fingerprint density at radius 1 is 1.05 bits per heavy atom. The molecule has 0 bridgehead atoms. The first-order chi connectivity index (χ1) is 10.5. The number of hydrogen-bond acceptors (Lipinski definition) is 3. The van der Waals surface area contributed by atoms with Gasteiger partial charge in [-0.15, -0.1) is 0 Å². The smallest absolute Gasteiger partial charge is 0.258 e. The Balaban J connectivity index is 1.90. The normalized spacial score (nSPS) is 10.9. The lowest BCUT2D eigenvalue weighted by molar-refractivity contribution is 0.299. The van der Waals surface area contributed by atoms with Crippen molar-refractivity contribution in [2.75, 3.05) is 0 Å². The number of rotatable bonds is 3. The number of nitrogens with zero attached hydrogens (tertiary/aromatic N) is 2. The molecule has 2 heterocycles. The Hall–Kier alpha value is -2.62. The van der Waals surface area contributed by atoms with E-state index in [1.165, 1.54) is 6.07 Å². The van der Waals surface area contributed by atoms with E-state index in [2.05, 4.69) is 4.98 Å². The Bertz CT molecular complexity index is 897. The molecule has 0 saturated carbocycles. The van der Waals surface area contributed by atoms with Crippen molar-refractivity contribution in [1.29, 1.82) is 0 Å². The van der Waals surface area contributed by atoms with E-state index in [1.54, 1.807) is 10.6 Å². The van der Waals surface area contributed by atoms with Crippen molar-refractivity contribution in [1.82, 2.24) is 9.38 Å². The molecule has 4 nitrogen and oxygen atoms in total. The highest BCUT2D eigenvalue weighted by molar-refractivity contribution is 5.40. The third-order valence-corrected chi connectivity index (χ3v) is 3.58. The maximum Gasteiger partial charge on any atom is 0.258 e. The van der Waals surface area contributed by atoms with Gasteiger partial charge in [-0.25, -0.2) is 4.98 Å². The van der Waals surface area contributed by atoms with Crippen LogP contribution in [0.4, 0.5) is 0 Å². The van der Waals surface area contributed by atoms with Crippen LogP contribution >= 0.6 is 0 Å². The molecule has 0 radical (unpaired) electrons. The topological polar surface area (TPSA) is 43.6 Å². The van der Waals surface area contributed by atoms with E-state index < -0.39 is 0 Å². The van der Waals surface area contributed by atoms with E-state index in [0.717, 1.165) is 22.4 Å². The highest BCUT2D eigenvalue weighted by Crippen LogP contribution is 2.20. The summed E-state index contributed by atoms with van der Waals surface area (Å²) < 4.78 is 7.37. The number of fused-ring (bicyclic) bond motifs is 1. The highest BCUT2D eigenvalue weighted by atomic mass is 16.5. The Morgan fingerprint density at radius 3 is 2.64 bits per heavy atom. The minimum Gasteiger partial charge on any atom is -0.487 e. The molecule has 0 aliphatic carbocycles. The average molecular weight is 294 g/mol. The standard InChI is InChI=1S/C18H18N2O2/c1-12-4-6-14(3)16(8-12)22-11-15-9-18(21)20-10-13(2)5-7-17(20)19-15/h4-10H,11H2,1-3H3. The van der Waals surface area contributed by atoms with Crippen LogP contribution in [-0.4, -0.2) is 9.38 Å². The van der Waals surface area contributed by atoms with Gasteiger partial charge in [-0.2, -0.15) is 0 Å². The molecule has 3 aromatic rings. The predicted octanol–water partition coefficient (Wildman–Crippen LogP) is 3.20. The Kier molecular flexibility index (Phi) is 3.67. The molecular formula is C18H18N2O2. The second-order valence-electron chi connectivity index (χ2n) is 5.58. The molecule has 0 saturated heterocycles. The summed E-state index contributed by atoms with van der Waals surface area (Å²) in [6, 6.07) is 11.4. The van der Waals surface area contributed by atoms with Crippen LogP contribution in [0.5, 0.6) is 5.75 Å². The van der Waals surface area contributed by atoms with Gasteiger partial charge in [-0.3, -0.25) is 9.20 Å². The van der Waals surface area contributed by atoms with Crippen molar-refractivity contribution in [3.63, 3.8) is 0 Å². The first kappa shape index (κ1) is 14.3. The van der Waals surface area contributed by atoms with Crippen molar-refractivity contribution in [2.45, 2.75) is 27.4 Å². The second kappa shape index (κ2) is 5.64. The van der Waals surface area contributed by atoms with E-state index in [1.807, 2.05) is 51.1 Å². The zero-order chi connectivity index (χ0) is 15.7. The third-order valence-electron chi connectivity index (χ3n) is 3.58. The molecule has 3 rings (SSSR count). The molecule has 0 spiro atoms. The molecule has 0 aliphatic heterocycles. The molecule has 0 N–H and O–H groups in total. The van der Waals surface area contributed by atoms with Crippen LogP contribution in [-0.2, 0) is 6.61 Å². The SMILES string of the molecule is Cc1ccc(C)c(OCc2cc(=O)n3cc(C)ccc3n2)c1. The fraction of sp³-hybridized carbons (Fsp3) is 0.222. The van der Waals surface area contributed by atoms with Gasteiger partial charge in [0.1, 0.15) is 18.0 Å². The number of hydrogen-bond donors (Lipinski definition) is 0. The maximum absolute atomic E-state index is 12.2. The van der Waals surface area contributed by atoms with E-state index in [-0.39, 0.29) is 12.2 Å². The minimum atomic E-state index is -0.0896. The minimum absolute atomic E-state index is 0.0896. The van der Waals surface area contributed by atoms with Gasteiger partial charge >= 0.3 is 0 Å². The van der Waals surface area contributed by atoms with Gasteiger partial charge in [0.15, 0.2) is 0 Å². The van der Waals surface area contributed by atoms with Crippen molar-refractivity contribution in [2.24, 2.45) is 0 Å². The van der Waals surface area contributed by atoms with Crippen LogP contribution in [0.1, 0.15) is 22.4 Å². The summed E-state index contributed by atoms with van der Waals surface area (Å²) >= 11 is 0. The number of aryl methyl sites for hydroxylation is 3. The van der Waals surface area contributed by atoms with Gasteiger partial charge in [0.2, 0.25) is 0 Å². The summed E-state index contributed by atoms with van der Waals surface area (Å²) in [4.78, 5) is 16.6. The molecule has 1 aromatic carbocycles. The van der Waals surface area contributed by atoms with E-state index >= 15 is 0 Å². The monoisotopic (exact) mass is 294 g/mol. The van der Waals surface area contributed by atoms with Crippen LogP contribution in [0.2, 0.25) is 0 Å². The van der Waals surface area contributed by atoms with E-state index in [0.29, 0.717) is 11.3 Å². The first-order valence-electron chi connectivity index (χ1n) is 7.22. The summed E-state index contributed by atoms with van der Waals surface area (Å²) in [5.74, 6) is 0.825. The zero-order valence-corrected chi connectivity index (χ0v) is 13.0. The molecule has 4 heteroatoms. The van der Waals surface area contributed by atoms with Crippen LogP contribution in [0.15, 0.2) is 47.4 Å². The van der Waals surface area contributed by atoms with Crippen LogP contribution in [0.25, 0.3) is 5.65 Å².